The van der Waals surface area contributed by atoms with E-state index >= 15 is 0 Å². The lowest BCUT2D eigenvalue weighted by molar-refractivity contribution is 0.281. The van der Waals surface area contributed by atoms with Crippen molar-refractivity contribution >= 4 is 17.6 Å². The second-order valence-corrected chi connectivity index (χ2v) is 5.18. The lowest BCUT2D eigenvalue weighted by atomic mass is 10.1. The van der Waals surface area contributed by atoms with Crippen LogP contribution < -0.4 is 4.90 Å². The van der Waals surface area contributed by atoms with E-state index in [9.17, 15) is 0 Å². The molecule has 1 unspecified atom stereocenters. The van der Waals surface area contributed by atoms with Gasteiger partial charge >= 0.3 is 0 Å². The topological polar surface area (TPSA) is 36.4 Å². The van der Waals surface area contributed by atoms with Gasteiger partial charge in [0, 0.05) is 25.0 Å². The van der Waals surface area contributed by atoms with Gasteiger partial charge in [-0.25, -0.2) is 4.98 Å². The third kappa shape index (κ3) is 3.61. The Balaban J connectivity index is 2.90. The van der Waals surface area contributed by atoms with Crippen molar-refractivity contribution in [2.24, 2.45) is 0 Å². The normalized spacial score (nSPS) is 12.5. The molecular weight excluding hydrogens is 232 g/mol. The van der Waals surface area contributed by atoms with E-state index < -0.39 is 0 Å². The van der Waals surface area contributed by atoms with Gasteiger partial charge in [0.15, 0.2) is 0 Å². The van der Waals surface area contributed by atoms with Crippen LogP contribution in [0.2, 0.25) is 0 Å². The highest BCUT2D eigenvalue weighted by Crippen LogP contribution is 2.21. The van der Waals surface area contributed by atoms with Crippen molar-refractivity contribution in [3.8, 4) is 0 Å². The van der Waals surface area contributed by atoms with Gasteiger partial charge in [0.25, 0.3) is 0 Å². The van der Waals surface area contributed by atoms with E-state index in [2.05, 4.69) is 30.1 Å². The highest BCUT2D eigenvalue weighted by atomic mass is 32.2. The van der Waals surface area contributed by atoms with E-state index in [0.717, 1.165) is 29.1 Å². The zero-order valence-corrected chi connectivity index (χ0v) is 11.9. The minimum atomic E-state index is 0.0554. The van der Waals surface area contributed by atoms with Crippen molar-refractivity contribution < 1.29 is 5.11 Å². The average Bonchev–Trinajstić information content (AvgIpc) is 2.35. The molecule has 0 aliphatic heterocycles. The quantitative estimate of drug-likeness (QED) is 0.846. The molecule has 0 radical (unpaired) electrons. The van der Waals surface area contributed by atoms with Gasteiger partial charge in [-0.2, -0.15) is 11.8 Å². The van der Waals surface area contributed by atoms with Crippen LogP contribution in [0, 0.1) is 6.92 Å². The molecule has 1 N–H and O–H groups in total. The van der Waals surface area contributed by atoms with Gasteiger partial charge in [-0.1, -0.05) is 6.92 Å². The van der Waals surface area contributed by atoms with Gasteiger partial charge in [-0.05, 0) is 36.8 Å². The van der Waals surface area contributed by atoms with Crippen LogP contribution in [-0.2, 0) is 6.61 Å². The molecule has 1 aromatic rings. The number of anilines is 1. The molecule has 0 saturated carbocycles. The Kier molecular flexibility index (Phi) is 5.78. The van der Waals surface area contributed by atoms with E-state index in [0.29, 0.717) is 6.04 Å². The number of aromatic nitrogens is 1. The summed E-state index contributed by atoms with van der Waals surface area (Å²) >= 11 is 1.86. The second-order valence-electron chi connectivity index (χ2n) is 4.27. The lowest BCUT2D eigenvalue weighted by Crippen LogP contribution is -2.34. The van der Waals surface area contributed by atoms with Crippen LogP contribution in [0.15, 0.2) is 12.3 Å². The van der Waals surface area contributed by atoms with E-state index in [4.69, 9.17) is 5.11 Å². The maximum absolute atomic E-state index is 9.07. The summed E-state index contributed by atoms with van der Waals surface area (Å²) in [6.45, 7) is 4.30. The smallest absolute Gasteiger partial charge is 0.131 e. The van der Waals surface area contributed by atoms with Crippen LogP contribution >= 0.6 is 11.8 Å². The van der Waals surface area contributed by atoms with E-state index in [-0.39, 0.29) is 6.61 Å². The van der Waals surface area contributed by atoms with Crippen LogP contribution in [-0.4, -0.2) is 35.2 Å². The molecule has 1 heterocycles. The fourth-order valence-corrected chi connectivity index (χ4v) is 2.79. The zero-order valence-electron chi connectivity index (χ0n) is 11.1. The van der Waals surface area contributed by atoms with E-state index in [1.807, 2.05) is 24.8 Å². The summed E-state index contributed by atoms with van der Waals surface area (Å²) in [6.07, 6.45) is 5.00. The van der Waals surface area contributed by atoms with Crippen LogP contribution in [0.5, 0.6) is 0 Å². The molecule has 0 fully saturated rings. The number of hydrogen-bond acceptors (Lipinski definition) is 4. The first-order chi connectivity index (χ1) is 8.13. The Labute approximate surface area is 108 Å². The van der Waals surface area contributed by atoms with Gasteiger partial charge < -0.3 is 10.0 Å². The van der Waals surface area contributed by atoms with Crippen molar-refractivity contribution in [2.75, 3.05) is 24.0 Å². The van der Waals surface area contributed by atoms with Crippen molar-refractivity contribution in [1.82, 2.24) is 4.98 Å². The number of thioether (sulfide) groups is 1. The van der Waals surface area contributed by atoms with Crippen LogP contribution in [0.4, 0.5) is 5.82 Å². The third-order valence-corrected chi connectivity index (χ3v) is 3.72. The standard InChI is InChI=1S/C13H22N2OS/c1-5-12(9-17-4)15(3)13-10(2)6-11(8-16)7-14-13/h6-7,12,16H,5,8-9H2,1-4H3. The fraction of sp³-hybridized carbons (Fsp3) is 0.615. The predicted molar refractivity (Wildman–Crippen MR) is 75.8 cm³/mol. The van der Waals surface area contributed by atoms with Crippen molar-refractivity contribution in [1.29, 1.82) is 0 Å². The summed E-state index contributed by atoms with van der Waals surface area (Å²) in [5.74, 6) is 2.12. The molecule has 0 saturated heterocycles. The minimum Gasteiger partial charge on any atom is -0.392 e. The van der Waals surface area contributed by atoms with Gasteiger partial charge in [0.2, 0.25) is 0 Å². The highest BCUT2D eigenvalue weighted by molar-refractivity contribution is 7.98. The SMILES string of the molecule is CCC(CSC)N(C)c1ncc(CO)cc1C. The molecule has 0 aromatic carbocycles. The number of pyridine rings is 1. The molecule has 4 heteroatoms. The zero-order chi connectivity index (χ0) is 12.8. The monoisotopic (exact) mass is 254 g/mol. The molecule has 1 atom stereocenters. The van der Waals surface area contributed by atoms with E-state index in [1.54, 1.807) is 6.20 Å². The number of aryl methyl sites for hydroxylation is 1. The third-order valence-electron chi connectivity index (χ3n) is 3.00. The van der Waals surface area contributed by atoms with Crippen LogP contribution in [0.3, 0.4) is 0 Å². The summed E-state index contributed by atoms with van der Waals surface area (Å²) < 4.78 is 0. The van der Waals surface area contributed by atoms with Crippen molar-refractivity contribution in [2.45, 2.75) is 32.9 Å². The molecule has 3 nitrogen and oxygen atoms in total. The van der Waals surface area contributed by atoms with Gasteiger partial charge in [0.1, 0.15) is 5.82 Å². The highest BCUT2D eigenvalue weighted by Gasteiger charge is 2.15. The first-order valence-corrected chi connectivity index (χ1v) is 7.31. The molecule has 96 valence electrons. The molecule has 0 bridgehead atoms. The maximum Gasteiger partial charge on any atom is 0.131 e. The maximum atomic E-state index is 9.07. The summed E-state index contributed by atoms with van der Waals surface area (Å²) in [5, 5.41) is 9.07. The Morgan fingerprint density at radius 3 is 2.71 bits per heavy atom. The second kappa shape index (κ2) is 6.87. The Hall–Kier alpha value is -0.740. The molecule has 0 spiro atoms. The minimum absolute atomic E-state index is 0.0554. The molecule has 0 amide bonds. The average molecular weight is 254 g/mol. The first-order valence-electron chi connectivity index (χ1n) is 5.92. The molecular formula is C13H22N2OS. The summed E-state index contributed by atoms with van der Waals surface area (Å²) in [4.78, 5) is 6.70. The molecule has 1 rings (SSSR count). The number of aliphatic hydroxyl groups excluding tert-OH is 1. The fourth-order valence-electron chi connectivity index (χ4n) is 1.95. The summed E-state index contributed by atoms with van der Waals surface area (Å²) in [7, 11) is 2.10. The lowest BCUT2D eigenvalue weighted by Gasteiger charge is -2.29. The first kappa shape index (κ1) is 14.3. The van der Waals surface area contributed by atoms with Crippen LogP contribution in [0.25, 0.3) is 0 Å². The number of nitrogens with zero attached hydrogens (tertiary/aromatic N) is 2. The predicted octanol–water partition coefficient (Wildman–Crippen LogP) is 2.46. The number of aliphatic hydroxyl groups is 1. The number of hydrogen-bond donors (Lipinski definition) is 1. The van der Waals surface area contributed by atoms with Gasteiger partial charge in [-0.15, -0.1) is 0 Å². The number of rotatable bonds is 6. The Bertz CT molecular complexity index is 357. The largest absolute Gasteiger partial charge is 0.392 e. The molecule has 0 aliphatic carbocycles. The summed E-state index contributed by atoms with van der Waals surface area (Å²) in [6, 6.07) is 2.51. The van der Waals surface area contributed by atoms with Gasteiger partial charge in [0.05, 0.1) is 6.61 Å². The van der Waals surface area contributed by atoms with Crippen molar-refractivity contribution in [3.05, 3.63) is 23.4 Å². The Morgan fingerprint density at radius 1 is 1.53 bits per heavy atom. The molecule has 17 heavy (non-hydrogen) atoms. The van der Waals surface area contributed by atoms with Crippen molar-refractivity contribution in [3.63, 3.8) is 0 Å². The molecule has 1 aromatic heterocycles. The molecule has 0 aliphatic rings. The van der Waals surface area contributed by atoms with Gasteiger partial charge in [-0.3, -0.25) is 0 Å². The van der Waals surface area contributed by atoms with E-state index in [1.165, 1.54) is 0 Å². The Morgan fingerprint density at radius 2 is 2.24 bits per heavy atom. The van der Waals surface area contributed by atoms with Crippen LogP contribution in [0.1, 0.15) is 24.5 Å². The summed E-state index contributed by atoms with van der Waals surface area (Å²) in [5.41, 5.74) is 2.00.